The highest BCUT2D eigenvalue weighted by Crippen LogP contribution is 2.29. The van der Waals surface area contributed by atoms with Gasteiger partial charge in [-0.2, -0.15) is 0 Å². The standard InChI is InChI=1S/C23H25ClN4O2S/c1-15-5-4-6-20(11-15)28-22(18-7-9-19(24)10-8-18)25-26-23(28)31-14-21(29)27-12-16(2)30-17(3)13-27/h4-11,16-17H,12-14H2,1-3H3. The van der Waals surface area contributed by atoms with Crippen LogP contribution in [-0.4, -0.2) is 56.6 Å². The minimum atomic E-state index is 0.0464. The Balaban J connectivity index is 1.61. The molecule has 2 atom stereocenters. The van der Waals surface area contributed by atoms with E-state index in [1.54, 1.807) is 0 Å². The SMILES string of the molecule is Cc1cccc(-n2c(SCC(=O)N3CC(C)OC(C)C3)nnc2-c2ccc(Cl)cc2)c1. The number of carbonyl (C=O) groups is 1. The molecule has 1 saturated heterocycles. The fraction of sp³-hybridized carbons (Fsp3) is 0.348. The fourth-order valence-corrected chi connectivity index (χ4v) is 4.73. The molecule has 2 aromatic carbocycles. The quantitative estimate of drug-likeness (QED) is 0.524. The number of carbonyl (C=O) groups excluding carboxylic acids is 1. The number of amides is 1. The van der Waals surface area contributed by atoms with Gasteiger partial charge in [0.15, 0.2) is 11.0 Å². The molecule has 6 nitrogen and oxygen atoms in total. The van der Waals surface area contributed by atoms with Crippen LogP contribution in [0.3, 0.4) is 0 Å². The van der Waals surface area contributed by atoms with E-state index < -0.39 is 0 Å². The van der Waals surface area contributed by atoms with Crippen molar-refractivity contribution in [3.05, 3.63) is 59.1 Å². The molecule has 8 heteroatoms. The molecule has 1 aromatic heterocycles. The normalized spacial score (nSPS) is 18.9. The molecule has 2 unspecified atom stereocenters. The van der Waals surface area contributed by atoms with Crippen LogP contribution in [0.25, 0.3) is 17.1 Å². The molecule has 0 aliphatic carbocycles. The lowest BCUT2D eigenvalue weighted by atomic mass is 10.2. The molecule has 31 heavy (non-hydrogen) atoms. The van der Waals surface area contributed by atoms with Gasteiger partial charge in [-0.1, -0.05) is 35.5 Å². The summed E-state index contributed by atoms with van der Waals surface area (Å²) in [6, 6.07) is 15.7. The van der Waals surface area contributed by atoms with E-state index in [0.29, 0.717) is 34.8 Å². The second-order valence-electron chi connectivity index (χ2n) is 7.83. The average molecular weight is 457 g/mol. The molecule has 0 bridgehead atoms. The summed E-state index contributed by atoms with van der Waals surface area (Å²) in [6.45, 7) is 7.27. The Labute approximate surface area is 191 Å². The maximum atomic E-state index is 12.9. The second kappa shape index (κ2) is 9.42. The Kier molecular flexibility index (Phi) is 6.65. The first-order valence-electron chi connectivity index (χ1n) is 10.2. The summed E-state index contributed by atoms with van der Waals surface area (Å²) in [5, 5.41) is 10.2. The lowest BCUT2D eigenvalue weighted by Crippen LogP contribution is -2.48. The van der Waals surface area contributed by atoms with Crippen LogP contribution in [0.15, 0.2) is 53.7 Å². The first-order valence-corrected chi connectivity index (χ1v) is 11.6. The summed E-state index contributed by atoms with van der Waals surface area (Å²) in [5.41, 5.74) is 3.00. The van der Waals surface area contributed by atoms with Gasteiger partial charge in [0, 0.05) is 29.4 Å². The molecule has 1 aliphatic rings. The van der Waals surface area contributed by atoms with Crippen molar-refractivity contribution in [3.8, 4) is 17.1 Å². The predicted octanol–water partition coefficient (Wildman–Crippen LogP) is 4.62. The Morgan fingerprint density at radius 2 is 1.84 bits per heavy atom. The van der Waals surface area contributed by atoms with Gasteiger partial charge in [-0.05, 0) is 62.7 Å². The fourth-order valence-electron chi connectivity index (χ4n) is 3.75. The van der Waals surface area contributed by atoms with E-state index in [2.05, 4.69) is 16.3 Å². The first kappa shape index (κ1) is 21.9. The van der Waals surface area contributed by atoms with Crippen LogP contribution >= 0.6 is 23.4 Å². The number of halogens is 1. The van der Waals surface area contributed by atoms with Gasteiger partial charge >= 0.3 is 0 Å². The largest absolute Gasteiger partial charge is 0.372 e. The van der Waals surface area contributed by atoms with Crippen LogP contribution in [0, 0.1) is 6.92 Å². The maximum Gasteiger partial charge on any atom is 0.233 e. The van der Waals surface area contributed by atoms with Crippen molar-refractivity contribution in [3.63, 3.8) is 0 Å². The van der Waals surface area contributed by atoms with E-state index in [1.807, 2.05) is 72.7 Å². The first-order chi connectivity index (χ1) is 14.9. The van der Waals surface area contributed by atoms with E-state index in [4.69, 9.17) is 16.3 Å². The van der Waals surface area contributed by atoms with Gasteiger partial charge in [-0.3, -0.25) is 9.36 Å². The van der Waals surface area contributed by atoms with E-state index in [-0.39, 0.29) is 18.1 Å². The van der Waals surface area contributed by atoms with Gasteiger partial charge in [-0.15, -0.1) is 10.2 Å². The third kappa shape index (κ3) is 5.11. The number of thioether (sulfide) groups is 1. The third-order valence-electron chi connectivity index (χ3n) is 5.09. The Hall–Kier alpha value is -2.35. The predicted molar refractivity (Wildman–Crippen MR) is 124 cm³/mol. The number of ether oxygens (including phenoxy) is 1. The highest BCUT2D eigenvalue weighted by molar-refractivity contribution is 7.99. The number of hydrogen-bond acceptors (Lipinski definition) is 5. The van der Waals surface area contributed by atoms with Crippen molar-refractivity contribution in [1.82, 2.24) is 19.7 Å². The summed E-state index contributed by atoms with van der Waals surface area (Å²) in [4.78, 5) is 14.7. The van der Waals surface area contributed by atoms with Gasteiger partial charge in [0.05, 0.1) is 18.0 Å². The van der Waals surface area contributed by atoms with Gasteiger partial charge in [0.1, 0.15) is 0 Å². The van der Waals surface area contributed by atoms with Gasteiger partial charge in [-0.25, -0.2) is 0 Å². The lowest BCUT2D eigenvalue weighted by Gasteiger charge is -2.35. The summed E-state index contributed by atoms with van der Waals surface area (Å²) >= 11 is 7.46. The van der Waals surface area contributed by atoms with Crippen molar-refractivity contribution in [2.75, 3.05) is 18.8 Å². The van der Waals surface area contributed by atoms with Gasteiger partial charge in [0.2, 0.25) is 5.91 Å². The van der Waals surface area contributed by atoms with E-state index in [1.165, 1.54) is 11.8 Å². The molecule has 1 amide bonds. The highest BCUT2D eigenvalue weighted by atomic mass is 35.5. The molecular formula is C23H25ClN4O2S. The highest BCUT2D eigenvalue weighted by Gasteiger charge is 2.26. The minimum absolute atomic E-state index is 0.0464. The third-order valence-corrected chi connectivity index (χ3v) is 6.26. The average Bonchev–Trinajstić information content (AvgIpc) is 3.16. The monoisotopic (exact) mass is 456 g/mol. The van der Waals surface area contributed by atoms with Crippen LogP contribution in [-0.2, 0) is 9.53 Å². The van der Waals surface area contributed by atoms with Crippen LogP contribution in [0.2, 0.25) is 5.02 Å². The van der Waals surface area contributed by atoms with Crippen LogP contribution in [0.1, 0.15) is 19.4 Å². The molecular weight excluding hydrogens is 432 g/mol. The zero-order valence-electron chi connectivity index (χ0n) is 17.8. The van der Waals surface area contributed by atoms with Crippen LogP contribution in [0.4, 0.5) is 0 Å². The number of rotatable bonds is 5. The summed E-state index contributed by atoms with van der Waals surface area (Å²) < 4.78 is 7.74. The topological polar surface area (TPSA) is 60.2 Å². The van der Waals surface area contributed by atoms with Crippen molar-refractivity contribution >= 4 is 29.3 Å². The smallest absolute Gasteiger partial charge is 0.233 e. The van der Waals surface area contributed by atoms with Crippen molar-refractivity contribution in [1.29, 1.82) is 0 Å². The van der Waals surface area contributed by atoms with E-state index >= 15 is 0 Å². The molecule has 2 heterocycles. The molecule has 162 valence electrons. The second-order valence-corrected chi connectivity index (χ2v) is 9.21. The molecule has 1 aliphatic heterocycles. The molecule has 1 fully saturated rings. The number of hydrogen-bond donors (Lipinski definition) is 0. The number of benzene rings is 2. The van der Waals surface area contributed by atoms with Crippen LogP contribution in [0.5, 0.6) is 0 Å². The van der Waals surface area contributed by atoms with E-state index in [9.17, 15) is 4.79 Å². The maximum absolute atomic E-state index is 12.9. The zero-order valence-corrected chi connectivity index (χ0v) is 19.4. The lowest BCUT2D eigenvalue weighted by molar-refractivity contribution is -0.140. The summed E-state index contributed by atoms with van der Waals surface area (Å²) in [5.74, 6) is 1.09. The molecule has 0 N–H and O–H groups in total. The molecule has 0 radical (unpaired) electrons. The summed E-state index contributed by atoms with van der Waals surface area (Å²) in [6.07, 6.45) is 0.0929. The summed E-state index contributed by atoms with van der Waals surface area (Å²) in [7, 11) is 0. The molecule has 0 saturated carbocycles. The van der Waals surface area contributed by atoms with Crippen LogP contribution < -0.4 is 0 Å². The number of aryl methyl sites for hydroxylation is 1. The Morgan fingerprint density at radius 3 is 2.52 bits per heavy atom. The Morgan fingerprint density at radius 1 is 1.13 bits per heavy atom. The van der Waals surface area contributed by atoms with Gasteiger partial charge in [0.25, 0.3) is 0 Å². The van der Waals surface area contributed by atoms with Crippen molar-refractivity contribution in [2.45, 2.75) is 38.1 Å². The molecule has 0 spiro atoms. The van der Waals surface area contributed by atoms with Crippen molar-refractivity contribution in [2.24, 2.45) is 0 Å². The molecule has 3 aromatic rings. The van der Waals surface area contributed by atoms with Gasteiger partial charge < -0.3 is 9.64 Å². The minimum Gasteiger partial charge on any atom is -0.372 e. The zero-order chi connectivity index (χ0) is 22.0. The number of morpholine rings is 1. The van der Waals surface area contributed by atoms with Crippen molar-refractivity contribution < 1.29 is 9.53 Å². The molecule has 4 rings (SSSR count). The Bertz CT molecular complexity index is 1060. The van der Waals surface area contributed by atoms with E-state index in [0.717, 1.165) is 16.8 Å². The number of nitrogens with zero attached hydrogens (tertiary/aromatic N) is 4. The number of aromatic nitrogens is 3.